The fraction of sp³-hybridized carbons (Fsp3) is 0.857. The van der Waals surface area contributed by atoms with Gasteiger partial charge >= 0.3 is 0 Å². The first-order chi connectivity index (χ1) is 2.81. The van der Waals surface area contributed by atoms with Crippen molar-refractivity contribution in [2.45, 2.75) is 34.1 Å². The third kappa shape index (κ3) is 9.85. The molecule has 0 saturated carbocycles. The van der Waals surface area contributed by atoms with Gasteiger partial charge in [-0.2, -0.15) is 5.92 Å². The quantitative estimate of drug-likeness (QED) is 0.684. The molecule has 0 aliphatic rings. The van der Waals surface area contributed by atoms with E-state index >= 15 is 0 Å². The molecule has 0 N–H and O–H groups in total. The van der Waals surface area contributed by atoms with E-state index in [1.165, 1.54) is 12.8 Å². The van der Waals surface area contributed by atoms with Crippen LogP contribution in [0.4, 0.5) is 0 Å². The Morgan fingerprint density at radius 3 is 1.50 bits per heavy atom. The van der Waals surface area contributed by atoms with Crippen LogP contribution >= 0.6 is 0 Å². The van der Waals surface area contributed by atoms with E-state index in [9.17, 15) is 0 Å². The zero-order valence-corrected chi connectivity index (χ0v) is 8.04. The molecule has 0 aromatic rings. The molecule has 0 atom stereocenters. The van der Waals surface area contributed by atoms with Crippen LogP contribution in [0, 0.1) is 12.8 Å². The Morgan fingerprint density at radius 2 is 1.50 bits per heavy atom. The van der Waals surface area contributed by atoms with Crippen molar-refractivity contribution in [1.82, 2.24) is 0 Å². The minimum atomic E-state index is 0. The molecule has 0 aromatic carbocycles. The second-order valence-corrected chi connectivity index (χ2v) is 1.68. The van der Waals surface area contributed by atoms with E-state index in [4.69, 9.17) is 0 Å². The first kappa shape index (κ1) is 15.9. The summed E-state index contributed by atoms with van der Waals surface area (Å²) in [6.45, 7) is 8.21. The Bertz CT molecular complexity index is 23.6. The average molecular weight is 285 g/mol. The average Bonchev–Trinajstić information content (AvgIpc) is 1.65. The monoisotopic (exact) mass is 285 g/mol. The SMILES string of the molecule is C.[CH2-]C(CC)CC.[W]. The summed E-state index contributed by atoms with van der Waals surface area (Å²) in [5.74, 6) is 0.685. The van der Waals surface area contributed by atoms with Crippen molar-refractivity contribution in [2.75, 3.05) is 0 Å². The van der Waals surface area contributed by atoms with Crippen molar-refractivity contribution in [1.29, 1.82) is 0 Å². The molecule has 0 nitrogen and oxygen atoms in total. The van der Waals surface area contributed by atoms with Crippen molar-refractivity contribution in [3.63, 3.8) is 0 Å². The molecule has 1 heteroatoms. The molecule has 0 aliphatic heterocycles. The fourth-order valence-electron chi connectivity index (χ4n) is 0.289. The van der Waals surface area contributed by atoms with E-state index in [0.29, 0.717) is 5.92 Å². The maximum Gasteiger partial charge on any atom is 0 e. The minimum absolute atomic E-state index is 0. The van der Waals surface area contributed by atoms with Gasteiger partial charge in [0.25, 0.3) is 0 Å². The first-order valence-electron chi connectivity index (χ1n) is 2.64. The van der Waals surface area contributed by atoms with Gasteiger partial charge in [-0.05, 0) is 0 Å². The normalized spacial score (nSPS) is 7.50. The predicted octanol–water partition coefficient (Wildman–Crippen LogP) is 2.89. The molecule has 0 fully saturated rings. The molecule has 0 spiro atoms. The molecule has 8 heavy (non-hydrogen) atoms. The van der Waals surface area contributed by atoms with Crippen LogP contribution in [0.3, 0.4) is 0 Å². The van der Waals surface area contributed by atoms with E-state index in [1.54, 1.807) is 0 Å². The van der Waals surface area contributed by atoms with Gasteiger partial charge < -0.3 is 6.92 Å². The fourth-order valence-corrected chi connectivity index (χ4v) is 0.289. The van der Waals surface area contributed by atoms with Crippen molar-refractivity contribution in [3.05, 3.63) is 6.92 Å². The standard InChI is InChI=1S/C6H13.CH4.W/c1-4-6(3)5-2;;/h6H,3-5H2,1-2H3;1H4;/q-1;;. The van der Waals surface area contributed by atoms with Crippen LogP contribution in [0.5, 0.6) is 0 Å². The van der Waals surface area contributed by atoms with Gasteiger partial charge in [0.1, 0.15) is 0 Å². The van der Waals surface area contributed by atoms with Gasteiger partial charge in [-0.1, -0.05) is 34.1 Å². The molecule has 0 bridgehead atoms. The van der Waals surface area contributed by atoms with Crippen LogP contribution in [-0.2, 0) is 21.1 Å². The second-order valence-electron chi connectivity index (χ2n) is 1.68. The van der Waals surface area contributed by atoms with Gasteiger partial charge in [-0.3, -0.25) is 0 Å². The molecule has 0 amide bonds. The maximum absolute atomic E-state index is 3.88. The Morgan fingerprint density at radius 1 is 1.25 bits per heavy atom. The molecular weight excluding hydrogens is 268 g/mol. The van der Waals surface area contributed by atoms with Crippen LogP contribution in [0.15, 0.2) is 0 Å². The van der Waals surface area contributed by atoms with Crippen LogP contribution < -0.4 is 0 Å². The Balaban J connectivity index is -0.000000125. The third-order valence-corrected chi connectivity index (χ3v) is 1.15. The second kappa shape index (κ2) is 10.6. The zero-order chi connectivity index (χ0) is 4.99. The van der Waals surface area contributed by atoms with Crippen molar-refractivity contribution >= 4 is 0 Å². The third-order valence-electron chi connectivity index (χ3n) is 1.15. The molecule has 0 aromatic heterocycles. The Hall–Kier alpha value is 0.688. The summed E-state index contributed by atoms with van der Waals surface area (Å²) in [6, 6.07) is 0. The van der Waals surface area contributed by atoms with Crippen LogP contribution in [-0.4, -0.2) is 0 Å². The summed E-state index contributed by atoms with van der Waals surface area (Å²) in [5.41, 5.74) is 0. The topological polar surface area (TPSA) is 0 Å². The smallest absolute Gasteiger partial charge is 0 e. The van der Waals surface area contributed by atoms with Gasteiger partial charge in [0.05, 0.1) is 0 Å². The van der Waals surface area contributed by atoms with E-state index in [1.807, 2.05) is 0 Å². The summed E-state index contributed by atoms with van der Waals surface area (Å²) >= 11 is 0. The molecular formula is C7H17W-. The van der Waals surface area contributed by atoms with E-state index in [2.05, 4.69) is 20.8 Å². The van der Waals surface area contributed by atoms with Crippen molar-refractivity contribution < 1.29 is 21.1 Å². The summed E-state index contributed by atoms with van der Waals surface area (Å²) in [7, 11) is 0. The Kier molecular flexibility index (Phi) is 21.1. The summed E-state index contributed by atoms with van der Waals surface area (Å²) in [5, 5.41) is 0. The maximum atomic E-state index is 3.88. The van der Waals surface area contributed by atoms with Crippen molar-refractivity contribution in [2.24, 2.45) is 5.92 Å². The van der Waals surface area contributed by atoms with Gasteiger partial charge in [-0.15, -0.1) is 0 Å². The van der Waals surface area contributed by atoms with Gasteiger partial charge in [0, 0.05) is 21.1 Å². The van der Waals surface area contributed by atoms with Gasteiger partial charge in [0.2, 0.25) is 0 Å². The minimum Gasteiger partial charge on any atom is -0.340 e. The number of hydrogen-bond acceptors (Lipinski definition) is 0. The first-order valence-corrected chi connectivity index (χ1v) is 2.64. The molecule has 0 unspecified atom stereocenters. The molecule has 0 heterocycles. The molecule has 0 radical (unpaired) electrons. The number of hydrogen-bond donors (Lipinski definition) is 0. The van der Waals surface area contributed by atoms with Crippen LogP contribution in [0.25, 0.3) is 0 Å². The zero-order valence-electron chi connectivity index (χ0n) is 5.11. The largest absolute Gasteiger partial charge is 0.340 e. The summed E-state index contributed by atoms with van der Waals surface area (Å²) in [6.07, 6.45) is 2.44. The molecule has 0 saturated heterocycles. The van der Waals surface area contributed by atoms with E-state index in [-0.39, 0.29) is 28.5 Å². The van der Waals surface area contributed by atoms with Crippen LogP contribution in [0.2, 0.25) is 0 Å². The van der Waals surface area contributed by atoms with E-state index < -0.39 is 0 Å². The van der Waals surface area contributed by atoms with Crippen LogP contribution in [0.1, 0.15) is 34.1 Å². The predicted molar refractivity (Wildman–Crippen MR) is 36.2 cm³/mol. The van der Waals surface area contributed by atoms with E-state index in [0.717, 1.165) is 0 Å². The summed E-state index contributed by atoms with van der Waals surface area (Å²) in [4.78, 5) is 0. The van der Waals surface area contributed by atoms with Gasteiger partial charge in [-0.25, -0.2) is 0 Å². The van der Waals surface area contributed by atoms with Gasteiger partial charge in [0.15, 0.2) is 0 Å². The number of rotatable bonds is 2. The molecule has 0 aliphatic carbocycles. The van der Waals surface area contributed by atoms with Crippen molar-refractivity contribution in [3.8, 4) is 0 Å². The summed E-state index contributed by atoms with van der Waals surface area (Å²) < 4.78 is 0. The molecule has 52 valence electrons. The molecule has 0 rings (SSSR count). The Labute approximate surface area is 68.3 Å².